The van der Waals surface area contributed by atoms with Crippen LogP contribution in [0, 0.1) is 0 Å². The molecule has 0 saturated carbocycles. The molecule has 23 heavy (non-hydrogen) atoms. The largest absolute Gasteiger partial charge is 0.444 e. The molecular formula is C15H28F2N2O4. The Labute approximate surface area is 135 Å². The predicted molar refractivity (Wildman–Crippen MR) is 81.7 cm³/mol. The lowest BCUT2D eigenvalue weighted by molar-refractivity contribution is -0.0175. The van der Waals surface area contributed by atoms with Crippen LogP contribution >= 0.6 is 0 Å². The molecule has 2 heterocycles. The van der Waals surface area contributed by atoms with E-state index in [1.807, 2.05) is 0 Å². The molecule has 6 nitrogen and oxygen atoms in total. The van der Waals surface area contributed by atoms with Crippen LogP contribution < -0.4 is 5.32 Å². The number of alkyl halides is 2. The molecule has 0 spiro atoms. The van der Waals surface area contributed by atoms with Gasteiger partial charge in [-0.15, -0.1) is 0 Å². The van der Waals surface area contributed by atoms with Crippen molar-refractivity contribution in [1.82, 2.24) is 10.2 Å². The summed E-state index contributed by atoms with van der Waals surface area (Å²) in [5, 5.41) is 20.7. The Hall–Kier alpha value is -0.990. The molecule has 8 heteroatoms. The molecule has 4 atom stereocenters. The maximum absolute atomic E-state index is 13.1. The first-order valence-electron chi connectivity index (χ1n) is 7.93. The second kappa shape index (κ2) is 8.75. The van der Waals surface area contributed by atoms with Crippen LogP contribution in [0.25, 0.3) is 0 Å². The highest BCUT2D eigenvalue weighted by Crippen LogP contribution is 2.17. The summed E-state index contributed by atoms with van der Waals surface area (Å²) in [4.78, 5) is 12.8. The molecule has 3 N–H and O–H groups in total. The first-order chi connectivity index (χ1) is 10.6. The molecule has 2 aliphatic rings. The van der Waals surface area contributed by atoms with Crippen LogP contribution in [0.2, 0.25) is 0 Å². The minimum atomic E-state index is -1.37. The van der Waals surface area contributed by atoms with Gasteiger partial charge in [-0.3, -0.25) is 0 Å². The second-order valence-electron chi connectivity index (χ2n) is 6.87. The molecule has 0 radical (unpaired) electrons. The Kier molecular flexibility index (Phi) is 7.63. The summed E-state index contributed by atoms with van der Waals surface area (Å²) >= 11 is 0. The Morgan fingerprint density at radius 3 is 2.22 bits per heavy atom. The third kappa shape index (κ3) is 7.41. The summed E-state index contributed by atoms with van der Waals surface area (Å²) in [5.74, 6) is 0. The number of likely N-dealkylation sites (tertiary alicyclic amines) is 1. The first-order valence-corrected chi connectivity index (χ1v) is 7.93. The smallest absolute Gasteiger partial charge is 0.410 e. The number of aliphatic hydroxyl groups excluding tert-OH is 2. The second-order valence-corrected chi connectivity index (χ2v) is 6.87. The number of amides is 1. The molecule has 136 valence electrons. The molecule has 0 bridgehead atoms. The molecular weight excluding hydrogens is 310 g/mol. The zero-order chi connectivity index (χ0) is 17.6. The van der Waals surface area contributed by atoms with Crippen LogP contribution in [0.4, 0.5) is 13.6 Å². The van der Waals surface area contributed by atoms with Crippen molar-refractivity contribution in [2.24, 2.45) is 0 Å². The summed E-state index contributed by atoms with van der Waals surface area (Å²) in [5.41, 5.74) is -0.570. The van der Waals surface area contributed by atoms with Crippen molar-refractivity contribution in [3.8, 4) is 0 Å². The van der Waals surface area contributed by atoms with E-state index in [0.29, 0.717) is 19.5 Å². The third-order valence-corrected chi connectivity index (χ3v) is 3.53. The number of carbonyl (C=O) groups excluding carboxylic acids is 1. The van der Waals surface area contributed by atoms with Gasteiger partial charge in [0.2, 0.25) is 0 Å². The lowest BCUT2D eigenvalue weighted by Gasteiger charge is -2.33. The molecule has 0 aromatic heterocycles. The topological polar surface area (TPSA) is 82.0 Å². The summed E-state index contributed by atoms with van der Waals surface area (Å²) in [6.07, 6.45) is -3.81. The standard InChI is InChI=1S/C10H18FNO3.C5H10FNO/c1-10(2,3)15-9(14)12-5-4-8(13)7(11)6-12;6-4-3-7-2-1-5(4)8/h7-8,13H,4-6H2,1-3H3;4-5,7-8H,1-3H2. The summed E-state index contributed by atoms with van der Waals surface area (Å²) in [7, 11) is 0. The van der Waals surface area contributed by atoms with Gasteiger partial charge in [-0.05, 0) is 40.2 Å². The number of ether oxygens (including phenoxy) is 1. The van der Waals surface area contributed by atoms with Gasteiger partial charge < -0.3 is 25.2 Å². The molecule has 2 aliphatic heterocycles. The Bertz CT molecular complexity index is 369. The Balaban J connectivity index is 0.000000277. The number of hydrogen-bond acceptors (Lipinski definition) is 5. The third-order valence-electron chi connectivity index (χ3n) is 3.53. The van der Waals surface area contributed by atoms with E-state index in [1.54, 1.807) is 20.8 Å². The van der Waals surface area contributed by atoms with Crippen molar-refractivity contribution < 1.29 is 28.5 Å². The van der Waals surface area contributed by atoms with E-state index in [4.69, 9.17) is 14.9 Å². The van der Waals surface area contributed by atoms with Crippen LogP contribution in [-0.2, 0) is 4.74 Å². The number of nitrogens with zero attached hydrogens (tertiary/aromatic N) is 1. The number of halogens is 2. The highest BCUT2D eigenvalue weighted by Gasteiger charge is 2.32. The van der Waals surface area contributed by atoms with E-state index >= 15 is 0 Å². The van der Waals surface area contributed by atoms with Crippen LogP contribution in [-0.4, -0.2) is 77.5 Å². The first kappa shape index (κ1) is 20.1. The zero-order valence-corrected chi connectivity index (χ0v) is 14.0. The quantitative estimate of drug-likeness (QED) is 0.614. The Morgan fingerprint density at radius 1 is 1.17 bits per heavy atom. The number of piperidine rings is 2. The van der Waals surface area contributed by atoms with Gasteiger partial charge in [0, 0.05) is 13.1 Å². The van der Waals surface area contributed by atoms with Gasteiger partial charge in [0.15, 0.2) is 0 Å². The van der Waals surface area contributed by atoms with Gasteiger partial charge in [-0.2, -0.15) is 0 Å². The maximum atomic E-state index is 13.1. The van der Waals surface area contributed by atoms with Gasteiger partial charge in [0.25, 0.3) is 0 Å². The number of aliphatic hydroxyl groups is 2. The van der Waals surface area contributed by atoms with Crippen molar-refractivity contribution in [3.05, 3.63) is 0 Å². The van der Waals surface area contributed by atoms with Gasteiger partial charge in [0.05, 0.1) is 18.8 Å². The molecule has 2 saturated heterocycles. The zero-order valence-electron chi connectivity index (χ0n) is 14.0. The van der Waals surface area contributed by atoms with Gasteiger partial charge in [-0.25, -0.2) is 13.6 Å². The predicted octanol–water partition coefficient (Wildman–Crippen LogP) is 1.00. The van der Waals surface area contributed by atoms with Crippen molar-refractivity contribution >= 4 is 6.09 Å². The van der Waals surface area contributed by atoms with Gasteiger partial charge >= 0.3 is 6.09 Å². The fraction of sp³-hybridized carbons (Fsp3) is 0.933. The molecule has 0 aliphatic carbocycles. The van der Waals surface area contributed by atoms with E-state index in [-0.39, 0.29) is 13.0 Å². The summed E-state index contributed by atoms with van der Waals surface area (Å²) in [6, 6.07) is 0. The fourth-order valence-corrected chi connectivity index (χ4v) is 2.19. The minimum Gasteiger partial charge on any atom is -0.444 e. The van der Waals surface area contributed by atoms with E-state index < -0.39 is 36.2 Å². The summed E-state index contributed by atoms with van der Waals surface area (Å²) < 4.78 is 30.5. The lowest BCUT2D eigenvalue weighted by atomic mass is 10.1. The minimum absolute atomic E-state index is 0.0872. The van der Waals surface area contributed by atoms with Crippen molar-refractivity contribution in [2.75, 3.05) is 26.2 Å². The van der Waals surface area contributed by atoms with E-state index in [1.165, 1.54) is 4.90 Å². The average Bonchev–Trinajstić information content (AvgIpc) is 2.44. The highest BCUT2D eigenvalue weighted by molar-refractivity contribution is 5.68. The lowest BCUT2D eigenvalue weighted by Crippen LogP contribution is -2.48. The molecule has 1 amide bonds. The van der Waals surface area contributed by atoms with Crippen molar-refractivity contribution in [3.63, 3.8) is 0 Å². The summed E-state index contributed by atoms with van der Waals surface area (Å²) in [6.45, 7) is 6.58. The number of rotatable bonds is 0. The Morgan fingerprint density at radius 2 is 1.78 bits per heavy atom. The normalized spacial score (nSPS) is 31.9. The SMILES string of the molecule is CC(C)(C)OC(=O)N1CCC(O)C(F)C1.OC1CCNCC1F. The molecule has 2 fully saturated rings. The van der Waals surface area contributed by atoms with Gasteiger partial charge in [-0.1, -0.05) is 0 Å². The number of hydrogen-bond donors (Lipinski definition) is 3. The van der Waals surface area contributed by atoms with Crippen LogP contribution in [0.1, 0.15) is 33.6 Å². The van der Waals surface area contributed by atoms with Crippen molar-refractivity contribution in [2.45, 2.75) is 63.8 Å². The molecule has 2 rings (SSSR count). The van der Waals surface area contributed by atoms with Crippen LogP contribution in [0.15, 0.2) is 0 Å². The van der Waals surface area contributed by atoms with E-state index in [0.717, 1.165) is 6.54 Å². The highest BCUT2D eigenvalue weighted by atomic mass is 19.1. The average molecular weight is 338 g/mol. The number of carbonyl (C=O) groups is 1. The van der Waals surface area contributed by atoms with Gasteiger partial charge in [0.1, 0.15) is 17.9 Å². The van der Waals surface area contributed by atoms with Crippen molar-refractivity contribution in [1.29, 1.82) is 0 Å². The maximum Gasteiger partial charge on any atom is 0.410 e. The van der Waals surface area contributed by atoms with E-state index in [9.17, 15) is 13.6 Å². The number of nitrogens with one attached hydrogen (secondary N) is 1. The fourth-order valence-electron chi connectivity index (χ4n) is 2.19. The molecule has 0 aromatic carbocycles. The van der Waals surface area contributed by atoms with Crippen LogP contribution in [0.3, 0.4) is 0 Å². The molecule has 0 aromatic rings. The molecule has 4 unspecified atom stereocenters. The monoisotopic (exact) mass is 338 g/mol. The van der Waals surface area contributed by atoms with E-state index in [2.05, 4.69) is 5.32 Å². The van der Waals surface area contributed by atoms with Crippen LogP contribution in [0.5, 0.6) is 0 Å².